The third-order valence-corrected chi connectivity index (χ3v) is 10.4. The van der Waals surface area contributed by atoms with Gasteiger partial charge in [0.1, 0.15) is 35.1 Å². The van der Waals surface area contributed by atoms with Crippen molar-refractivity contribution in [3.63, 3.8) is 0 Å². The minimum Gasteiger partial charge on any atom is -0.497 e. The highest BCUT2D eigenvalue weighted by molar-refractivity contribution is 7.33. The predicted octanol–water partition coefficient (Wildman–Crippen LogP) is 6.83. The van der Waals surface area contributed by atoms with Gasteiger partial charge in [-0.2, -0.15) is 4.98 Å². The first-order valence-electron chi connectivity index (χ1n) is 18.1. The molecule has 57 heavy (non-hydrogen) atoms. The van der Waals surface area contributed by atoms with Gasteiger partial charge in [-0.3, -0.25) is 29.0 Å². The van der Waals surface area contributed by atoms with Gasteiger partial charge in [0.05, 0.1) is 27.2 Å². The van der Waals surface area contributed by atoms with Gasteiger partial charge in [0, 0.05) is 5.92 Å². The third-order valence-electron chi connectivity index (χ3n) is 9.55. The van der Waals surface area contributed by atoms with Crippen molar-refractivity contribution >= 4 is 31.3 Å². The van der Waals surface area contributed by atoms with Crippen molar-refractivity contribution in [3.8, 4) is 17.2 Å². The molecular weight excluding hydrogens is 756 g/mol. The number of halogens is 1. The molecular formula is C41H41FN5O9P. The number of hydrogen-bond donors (Lipinski definition) is 2. The number of carbonyl (C=O) groups excluding carboxylic acids is 1. The van der Waals surface area contributed by atoms with Crippen LogP contribution in [0.25, 0.3) is 11.2 Å². The highest BCUT2D eigenvalue weighted by atomic mass is 31.1. The van der Waals surface area contributed by atoms with E-state index in [1.165, 1.54) is 10.9 Å². The minimum atomic E-state index is -3.39. The van der Waals surface area contributed by atoms with Gasteiger partial charge in [0.25, 0.3) is 5.56 Å². The zero-order valence-corrected chi connectivity index (χ0v) is 32.5. The number of amides is 1. The van der Waals surface area contributed by atoms with Crippen LogP contribution in [-0.4, -0.2) is 64.6 Å². The first kappa shape index (κ1) is 39.4. The Hall–Kier alpha value is -5.86. The van der Waals surface area contributed by atoms with Crippen LogP contribution in [0.5, 0.6) is 17.2 Å². The Kier molecular flexibility index (Phi) is 11.8. The van der Waals surface area contributed by atoms with Crippen molar-refractivity contribution in [1.29, 1.82) is 0 Å². The van der Waals surface area contributed by atoms with Crippen LogP contribution in [0.2, 0.25) is 0 Å². The lowest BCUT2D eigenvalue weighted by Crippen LogP contribution is -2.38. The largest absolute Gasteiger partial charge is 0.497 e. The molecule has 0 bridgehead atoms. The molecule has 1 aliphatic rings. The molecule has 2 aromatic heterocycles. The fourth-order valence-electron chi connectivity index (χ4n) is 6.61. The number of H-pyrrole nitrogens is 1. The fraction of sp³-hybridized carbons (Fsp3) is 0.268. The number of hydrogen-bond acceptors (Lipinski definition) is 11. The van der Waals surface area contributed by atoms with Crippen molar-refractivity contribution < 1.29 is 41.7 Å². The number of nitrogens with zero attached hydrogens (tertiary/aromatic N) is 3. The number of fused-ring (bicyclic) bond motifs is 1. The molecule has 0 spiro atoms. The Balaban J connectivity index is 1.28. The maximum Gasteiger partial charge on any atom is 0.368 e. The van der Waals surface area contributed by atoms with Gasteiger partial charge in [-0.25, -0.2) is 13.9 Å². The number of alkyl halides is 1. The molecule has 6 aromatic rings. The second kappa shape index (κ2) is 17.1. The SMILES string of the molecule is COc1ccc(C(OC[C@H]2O[C@@H](n3cnc4c(=O)[nH]c(NC(=O)C(C)C)nc43)[C@H](O[PH](=O)Oc3ccccc3)[C@H]2F)(c2ccccc2)c2ccc(OC)cc2)cc1. The Bertz CT molecular complexity index is 2330. The predicted molar refractivity (Wildman–Crippen MR) is 210 cm³/mol. The first-order chi connectivity index (χ1) is 27.6. The second-order valence-electron chi connectivity index (χ2n) is 13.5. The van der Waals surface area contributed by atoms with Crippen LogP contribution in [0, 0.1) is 5.92 Å². The van der Waals surface area contributed by atoms with Crippen LogP contribution in [0.4, 0.5) is 10.3 Å². The molecule has 2 N–H and O–H groups in total. The fourth-order valence-corrected chi connectivity index (χ4v) is 7.46. The summed E-state index contributed by atoms with van der Waals surface area (Å²) in [7, 11) is -0.247. The quantitative estimate of drug-likeness (QED) is 0.0827. The molecule has 3 heterocycles. The van der Waals surface area contributed by atoms with Crippen LogP contribution >= 0.6 is 8.25 Å². The molecule has 14 nitrogen and oxygen atoms in total. The zero-order chi connectivity index (χ0) is 40.1. The lowest BCUT2D eigenvalue weighted by Gasteiger charge is -2.37. The van der Waals surface area contributed by atoms with E-state index in [9.17, 15) is 14.2 Å². The number of imidazole rings is 1. The standard InChI is InChI=1S/C41H41FN5O9P/c1-25(2)37(48)45-40-44-36-34(38(49)46-40)43-24-47(36)39-35(56-57(50)55-31-13-9-6-10-14-31)33(42)32(54-39)23-53-41(26-11-7-5-8-12-26,27-15-19-29(51-3)20-16-27)28-17-21-30(52-4)22-18-28/h5-22,24-25,32-33,35,39,57H,23H2,1-4H3,(H2,44,45,46,48,49)/t32-,33+,35-,39-/m1/s1. The summed E-state index contributed by atoms with van der Waals surface area (Å²) in [6, 6.07) is 32.5. The average Bonchev–Trinajstić information content (AvgIpc) is 3.79. The third kappa shape index (κ3) is 8.19. The topological polar surface area (TPSA) is 165 Å². The van der Waals surface area contributed by atoms with E-state index in [1.807, 2.05) is 78.9 Å². The first-order valence-corrected chi connectivity index (χ1v) is 19.3. The number of para-hydroxylation sites is 1. The Labute approximate surface area is 327 Å². The minimum absolute atomic E-state index is 0.0380. The maximum absolute atomic E-state index is 17.1. The Morgan fingerprint density at radius 1 is 0.895 bits per heavy atom. The van der Waals surface area contributed by atoms with Gasteiger partial charge in [-0.1, -0.05) is 86.6 Å². The van der Waals surface area contributed by atoms with E-state index in [2.05, 4.69) is 20.3 Å². The molecule has 0 saturated carbocycles. The number of aromatic amines is 1. The molecule has 16 heteroatoms. The van der Waals surface area contributed by atoms with E-state index in [0.29, 0.717) is 22.6 Å². The summed E-state index contributed by atoms with van der Waals surface area (Å²) in [4.78, 5) is 36.8. The van der Waals surface area contributed by atoms with Crippen molar-refractivity contribution in [2.75, 3.05) is 26.1 Å². The van der Waals surface area contributed by atoms with Crippen LogP contribution < -0.4 is 24.9 Å². The monoisotopic (exact) mass is 797 g/mol. The molecule has 0 aliphatic carbocycles. The number of ether oxygens (including phenoxy) is 4. The van der Waals surface area contributed by atoms with E-state index in [1.54, 1.807) is 58.4 Å². The second-order valence-corrected chi connectivity index (χ2v) is 14.4. The Morgan fingerprint density at radius 2 is 1.47 bits per heavy atom. The highest BCUT2D eigenvalue weighted by Crippen LogP contribution is 2.45. The van der Waals surface area contributed by atoms with Crippen molar-refractivity contribution in [2.45, 2.75) is 44.1 Å². The summed E-state index contributed by atoms with van der Waals surface area (Å²) in [6.07, 6.45) is -4.97. The van der Waals surface area contributed by atoms with E-state index in [0.717, 1.165) is 5.56 Å². The molecule has 7 rings (SSSR count). The number of rotatable bonds is 15. The van der Waals surface area contributed by atoms with Gasteiger partial charge in [0.2, 0.25) is 11.9 Å². The normalized spacial score (nSPS) is 18.7. The molecule has 4 aromatic carbocycles. The van der Waals surface area contributed by atoms with Crippen LogP contribution in [0.15, 0.2) is 120 Å². The lowest BCUT2D eigenvalue weighted by molar-refractivity contribution is -0.118. The summed E-state index contributed by atoms with van der Waals surface area (Å²) in [5.41, 5.74) is 0.0325. The van der Waals surface area contributed by atoms with Crippen LogP contribution in [-0.2, 0) is 29.0 Å². The summed E-state index contributed by atoms with van der Waals surface area (Å²) in [5.74, 6) is 0.552. The van der Waals surface area contributed by atoms with Crippen LogP contribution in [0.1, 0.15) is 36.8 Å². The number of carbonyl (C=O) groups is 1. The molecule has 296 valence electrons. The van der Waals surface area contributed by atoms with Gasteiger partial charge >= 0.3 is 8.25 Å². The molecule has 1 amide bonds. The van der Waals surface area contributed by atoms with E-state index in [-0.39, 0.29) is 29.5 Å². The number of aromatic nitrogens is 4. The van der Waals surface area contributed by atoms with E-state index in [4.69, 9.17) is 28.0 Å². The van der Waals surface area contributed by atoms with Gasteiger partial charge in [-0.15, -0.1) is 0 Å². The number of methoxy groups -OCH3 is 2. The molecule has 1 unspecified atom stereocenters. The molecule has 1 aliphatic heterocycles. The highest BCUT2D eigenvalue weighted by Gasteiger charge is 2.50. The van der Waals surface area contributed by atoms with E-state index >= 15 is 4.39 Å². The summed E-state index contributed by atoms with van der Waals surface area (Å²) in [6.45, 7) is 3.02. The number of nitrogens with one attached hydrogen (secondary N) is 2. The van der Waals surface area contributed by atoms with Crippen molar-refractivity contribution in [1.82, 2.24) is 19.5 Å². The van der Waals surface area contributed by atoms with Gasteiger partial charge in [-0.05, 0) is 53.1 Å². The lowest BCUT2D eigenvalue weighted by atomic mass is 9.80. The molecule has 5 atom stereocenters. The van der Waals surface area contributed by atoms with Gasteiger partial charge < -0.3 is 23.5 Å². The van der Waals surface area contributed by atoms with Crippen molar-refractivity contribution in [3.05, 3.63) is 143 Å². The molecule has 1 saturated heterocycles. The smallest absolute Gasteiger partial charge is 0.368 e. The number of anilines is 1. The van der Waals surface area contributed by atoms with E-state index < -0.39 is 55.8 Å². The Morgan fingerprint density at radius 3 is 2.05 bits per heavy atom. The summed E-state index contributed by atoms with van der Waals surface area (Å²) < 4.78 is 67.4. The zero-order valence-electron chi connectivity index (χ0n) is 31.5. The summed E-state index contributed by atoms with van der Waals surface area (Å²) >= 11 is 0. The molecule has 0 radical (unpaired) electrons. The summed E-state index contributed by atoms with van der Waals surface area (Å²) in [5, 5.41) is 2.57. The van der Waals surface area contributed by atoms with Crippen molar-refractivity contribution in [2.24, 2.45) is 5.92 Å². The average molecular weight is 798 g/mol. The van der Waals surface area contributed by atoms with Gasteiger partial charge in [0.15, 0.2) is 23.6 Å². The maximum atomic E-state index is 17.1. The van der Waals surface area contributed by atoms with Crippen LogP contribution in [0.3, 0.4) is 0 Å². The molecule has 1 fully saturated rings. The number of benzene rings is 4.